The summed E-state index contributed by atoms with van der Waals surface area (Å²) in [4.78, 5) is 25.4. The molecule has 2 amide bonds. The molecule has 0 spiro atoms. The van der Waals surface area contributed by atoms with E-state index in [0.29, 0.717) is 30.1 Å². The summed E-state index contributed by atoms with van der Waals surface area (Å²) in [5.41, 5.74) is 12.0. The van der Waals surface area contributed by atoms with Crippen LogP contribution in [0.25, 0.3) is 0 Å². The van der Waals surface area contributed by atoms with Crippen LogP contribution >= 0.6 is 0 Å². The van der Waals surface area contributed by atoms with Crippen molar-refractivity contribution in [2.75, 3.05) is 13.1 Å². The zero-order valence-electron chi connectivity index (χ0n) is 11.7. The molecule has 1 aromatic rings. The number of nitrogens with zero attached hydrogens (tertiary/aromatic N) is 1. The highest BCUT2D eigenvalue weighted by Gasteiger charge is 2.25. The van der Waals surface area contributed by atoms with Gasteiger partial charge in [0.05, 0.1) is 0 Å². The van der Waals surface area contributed by atoms with Crippen molar-refractivity contribution in [3.05, 3.63) is 35.4 Å². The van der Waals surface area contributed by atoms with Gasteiger partial charge in [-0.1, -0.05) is 6.07 Å². The SMILES string of the molecule is CC(N)C1CCN(C(=O)c2cccc(C(N)=O)c2)CC1. The van der Waals surface area contributed by atoms with Crippen molar-refractivity contribution in [3.63, 3.8) is 0 Å². The third kappa shape index (κ3) is 3.17. The van der Waals surface area contributed by atoms with Gasteiger partial charge in [-0.05, 0) is 43.9 Å². The van der Waals surface area contributed by atoms with Crippen molar-refractivity contribution in [2.24, 2.45) is 17.4 Å². The number of primary amides is 1. The lowest BCUT2D eigenvalue weighted by atomic mass is 9.90. The number of benzene rings is 1. The Balaban J connectivity index is 2.05. The molecule has 1 saturated heterocycles. The maximum Gasteiger partial charge on any atom is 0.253 e. The van der Waals surface area contributed by atoms with Gasteiger partial charge in [0.2, 0.25) is 5.91 Å². The fraction of sp³-hybridized carbons (Fsp3) is 0.467. The van der Waals surface area contributed by atoms with Crippen LogP contribution in [0.1, 0.15) is 40.5 Å². The second kappa shape index (κ2) is 6.05. The van der Waals surface area contributed by atoms with Crippen LogP contribution in [0, 0.1) is 5.92 Å². The number of amides is 2. The number of hydrogen-bond acceptors (Lipinski definition) is 3. The van der Waals surface area contributed by atoms with E-state index < -0.39 is 5.91 Å². The van der Waals surface area contributed by atoms with E-state index in [2.05, 4.69) is 0 Å². The third-order valence-electron chi connectivity index (χ3n) is 3.96. The highest BCUT2D eigenvalue weighted by atomic mass is 16.2. The Morgan fingerprint density at radius 3 is 2.40 bits per heavy atom. The van der Waals surface area contributed by atoms with Gasteiger partial charge in [0.25, 0.3) is 5.91 Å². The first-order valence-corrected chi connectivity index (χ1v) is 6.93. The van der Waals surface area contributed by atoms with Crippen LogP contribution in [-0.2, 0) is 0 Å². The molecule has 1 fully saturated rings. The van der Waals surface area contributed by atoms with Crippen LogP contribution in [0.15, 0.2) is 24.3 Å². The minimum atomic E-state index is -0.518. The Bertz CT molecular complexity index is 506. The predicted octanol–water partition coefficient (Wildman–Crippen LogP) is 0.985. The maximum atomic E-state index is 12.4. The quantitative estimate of drug-likeness (QED) is 0.861. The van der Waals surface area contributed by atoms with Crippen LogP contribution < -0.4 is 11.5 Å². The maximum absolute atomic E-state index is 12.4. The summed E-state index contributed by atoms with van der Waals surface area (Å²) in [5, 5.41) is 0. The molecule has 1 aromatic carbocycles. The average Bonchev–Trinajstić information content (AvgIpc) is 2.46. The molecule has 0 aliphatic carbocycles. The molecule has 0 radical (unpaired) electrons. The Hall–Kier alpha value is -1.88. The van der Waals surface area contributed by atoms with Crippen molar-refractivity contribution in [1.82, 2.24) is 4.90 Å². The molecule has 1 unspecified atom stereocenters. The molecule has 0 aromatic heterocycles. The minimum Gasteiger partial charge on any atom is -0.366 e. The van der Waals surface area contributed by atoms with Gasteiger partial charge >= 0.3 is 0 Å². The standard InChI is InChI=1S/C15H21N3O2/c1-10(16)11-5-7-18(8-6-11)15(20)13-4-2-3-12(9-13)14(17)19/h2-4,9-11H,5-8,16H2,1H3,(H2,17,19). The molecule has 2 rings (SSSR count). The Labute approximate surface area is 118 Å². The number of nitrogens with two attached hydrogens (primary N) is 2. The van der Waals surface area contributed by atoms with Gasteiger partial charge in [0.1, 0.15) is 0 Å². The number of carbonyl (C=O) groups is 2. The molecule has 5 nitrogen and oxygen atoms in total. The lowest BCUT2D eigenvalue weighted by Gasteiger charge is -2.33. The van der Waals surface area contributed by atoms with Crippen molar-refractivity contribution in [3.8, 4) is 0 Å². The fourth-order valence-electron chi connectivity index (χ4n) is 2.62. The summed E-state index contributed by atoms with van der Waals surface area (Å²) in [6.45, 7) is 3.44. The Kier molecular flexibility index (Phi) is 4.39. The molecule has 5 heteroatoms. The smallest absolute Gasteiger partial charge is 0.253 e. The van der Waals surface area contributed by atoms with E-state index in [0.717, 1.165) is 12.8 Å². The largest absolute Gasteiger partial charge is 0.366 e. The first-order valence-electron chi connectivity index (χ1n) is 6.93. The second-order valence-electron chi connectivity index (χ2n) is 5.43. The van der Waals surface area contributed by atoms with Crippen LogP contribution in [0.5, 0.6) is 0 Å². The van der Waals surface area contributed by atoms with Crippen LogP contribution in [0.3, 0.4) is 0 Å². The lowest BCUT2D eigenvalue weighted by Crippen LogP contribution is -2.42. The van der Waals surface area contributed by atoms with E-state index in [4.69, 9.17) is 11.5 Å². The molecule has 1 heterocycles. The first kappa shape index (κ1) is 14.5. The molecule has 20 heavy (non-hydrogen) atoms. The lowest BCUT2D eigenvalue weighted by molar-refractivity contribution is 0.0681. The van der Waals surface area contributed by atoms with Crippen LogP contribution in [0.4, 0.5) is 0 Å². The summed E-state index contributed by atoms with van der Waals surface area (Å²) >= 11 is 0. The summed E-state index contributed by atoms with van der Waals surface area (Å²) in [6.07, 6.45) is 1.86. The van der Waals surface area contributed by atoms with Gasteiger partial charge in [-0.2, -0.15) is 0 Å². The zero-order valence-corrected chi connectivity index (χ0v) is 11.7. The molecular weight excluding hydrogens is 254 g/mol. The van der Waals surface area contributed by atoms with Crippen molar-refractivity contribution >= 4 is 11.8 Å². The number of hydrogen-bond donors (Lipinski definition) is 2. The molecule has 1 aliphatic heterocycles. The second-order valence-corrected chi connectivity index (χ2v) is 5.43. The van der Waals surface area contributed by atoms with Crippen molar-refractivity contribution in [2.45, 2.75) is 25.8 Å². The van der Waals surface area contributed by atoms with Gasteiger partial charge in [0.15, 0.2) is 0 Å². The minimum absolute atomic E-state index is 0.0452. The van der Waals surface area contributed by atoms with Gasteiger partial charge < -0.3 is 16.4 Å². The zero-order chi connectivity index (χ0) is 14.7. The van der Waals surface area contributed by atoms with E-state index >= 15 is 0 Å². The number of likely N-dealkylation sites (tertiary alicyclic amines) is 1. The molecule has 0 bridgehead atoms. The van der Waals surface area contributed by atoms with Gasteiger partial charge in [-0.15, -0.1) is 0 Å². The molecular formula is C15H21N3O2. The topological polar surface area (TPSA) is 89.4 Å². The monoisotopic (exact) mass is 275 g/mol. The molecule has 1 atom stereocenters. The van der Waals surface area contributed by atoms with E-state index in [1.807, 2.05) is 11.8 Å². The molecule has 4 N–H and O–H groups in total. The van der Waals surface area contributed by atoms with Crippen molar-refractivity contribution in [1.29, 1.82) is 0 Å². The van der Waals surface area contributed by atoms with Gasteiger partial charge in [0, 0.05) is 30.3 Å². The predicted molar refractivity (Wildman–Crippen MR) is 77.2 cm³/mol. The molecule has 0 saturated carbocycles. The molecule has 108 valence electrons. The fourth-order valence-corrected chi connectivity index (χ4v) is 2.62. The Morgan fingerprint density at radius 2 is 1.85 bits per heavy atom. The third-order valence-corrected chi connectivity index (χ3v) is 3.96. The van der Waals surface area contributed by atoms with E-state index in [1.54, 1.807) is 24.3 Å². The van der Waals surface area contributed by atoms with E-state index in [9.17, 15) is 9.59 Å². The van der Waals surface area contributed by atoms with E-state index in [-0.39, 0.29) is 11.9 Å². The summed E-state index contributed by atoms with van der Waals surface area (Å²) < 4.78 is 0. The first-order chi connectivity index (χ1) is 9.49. The van der Waals surface area contributed by atoms with Crippen LogP contribution in [-0.4, -0.2) is 35.8 Å². The normalized spacial score (nSPS) is 17.8. The number of piperidine rings is 1. The summed E-state index contributed by atoms with van der Waals surface area (Å²) in [7, 11) is 0. The summed E-state index contributed by atoms with van der Waals surface area (Å²) in [5.74, 6) is -0.0810. The van der Waals surface area contributed by atoms with E-state index in [1.165, 1.54) is 0 Å². The van der Waals surface area contributed by atoms with Gasteiger partial charge in [-0.25, -0.2) is 0 Å². The highest BCUT2D eigenvalue weighted by Crippen LogP contribution is 2.21. The highest BCUT2D eigenvalue weighted by molar-refractivity contribution is 5.99. The Morgan fingerprint density at radius 1 is 1.25 bits per heavy atom. The average molecular weight is 275 g/mol. The van der Waals surface area contributed by atoms with Gasteiger partial charge in [-0.3, -0.25) is 9.59 Å². The number of carbonyl (C=O) groups excluding carboxylic acids is 2. The molecule has 1 aliphatic rings. The van der Waals surface area contributed by atoms with Crippen molar-refractivity contribution < 1.29 is 9.59 Å². The van der Waals surface area contributed by atoms with Crippen LogP contribution in [0.2, 0.25) is 0 Å². The summed E-state index contributed by atoms with van der Waals surface area (Å²) in [6, 6.07) is 6.74. The number of rotatable bonds is 3.